The van der Waals surface area contributed by atoms with Crippen LogP contribution in [0.2, 0.25) is 0 Å². The molecule has 1 unspecified atom stereocenters. The van der Waals surface area contributed by atoms with Crippen molar-refractivity contribution < 1.29 is 13.2 Å². The first kappa shape index (κ1) is 26.4. The number of halogens is 1. The summed E-state index contributed by atoms with van der Waals surface area (Å²) in [5, 5.41) is 30.5. The van der Waals surface area contributed by atoms with E-state index in [2.05, 4.69) is 20.8 Å². The maximum Gasteiger partial charge on any atom is 0.353 e. The highest BCUT2D eigenvalue weighted by Crippen LogP contribution is 2.57. The lowest BCUT2D eigenvalue weighted by Crippen LogP contribution is -2.57. The van der Waals surface area contributed by atoms with E-state index in [1.165, 1.54) is 16.4 Å². The van der Waals surface area contributed by atoms with Crippen LogP contribution in [0.15, 0.2) is 75.3 Å². The lowest BCUT2D eigenvalue weighted by atomic mass is 9.56. The fourth-order valence-corrected chi connectivity index (χ4v) is 7.17. The topological polar surface area (TPSA) is 122 Å². The molecule has 1 aliphatic heterocycles. The van der Waals surface area contributed by atoms with Gasteiger partial charge in [-0.15, -0.1) is 0 Å². The fourth-order valence-electron chi connectivity index (χ4n) is 5.30. The summed E-state index contributed by atoms with van der Waals surface area (Å²) < 4.78 is 35.9. The zero-order valence-electron chi connectivity index (χ0n) is 19.9. The van der Waals surface area contributed by atoms with Gasteiger partial charge < -0.3 is 4.74 Å². The van der Waals surface area contributed by atoms with Gasteiger partial charge in [0.05, 0.1) is 35.6 Å². The molecule has 8 nitrogen and oxygen atoms in total. The minimum atomic E-state index is -4.02. The molecular formula is C27H22BrN5O3S. The van der Waals surface area contributed by atoms with Gasteiger partial charge in [0.25, 0.3) is 0 Å². The number of rotatable bonds is 5. The second-order valence-corrected chi connectivity index (χ2v) is 11.7. The Labute approximate surface area is 225 Å². The summed E-state index contributed by atoms with van der Waals surface area (Å²) in [6, 6.07) is 20.5. The molecule has 0 radical (unpaired) electrons. The quantitative estimate of drug-likeness (QED) is 0.456. The predicted molar refractivity (Wildman–Crippen MR) is 137 cm³/mol. The number of ether oxygens (including phenoxy) is 1. The van der Waals surface area contributed by atoms with Crippen LogP contribution in [0, 0.1) is 51.9 Å². The number of allylic oxidation sites excluding steroid dienone is 1. The number of nitrogens with zero attached hydrogens (tertiary/aromatic N) is 5. The van der Waals surface area contributed by atoms with Gasteiger partial charge in [0.2, 0.25) is 15.4 Å². The molecule has 0 amide bonds. The van der Waals surface area contributed by atoms with E-state index in [-0.39, 0.29) is 30.9 Å². The summed E-state index contributed by atoms with van der Waals surface area (Å²) in [4.78, 5) is 3.74. The summed E-state index contributed by atoms with van der Waals surface area (Å²) in [5.41, 5.74) is -2.83. The molecule has 186 valence electrons. The van der Waals surface area contributed by atoms with Crippen LogP contribution < -0.4 is 0 Å². The van der Waals surface area contributed by atoms with E-state index in [4.69, 9.17) is 11.3 Å². The van der Waals surface area contributed by atoms with Crippen LogP contribution in [-0.2, 0) is 14.8 Å². The van der Waals surface area contributed by atoms with Gasteiger partial charge in [-0.05, 0) is 48.7 Å². The molecule has 1 heterocycles. The smallest absolute Gasteiger partial charge is 0.353 e. The Morgan fingerprint density at radius 3 is 2.30 bits per heavy atom. The summed E-state index contributed by atoms with van der Waals surface area (Å²) in [6.07, 6.45) is -0.232. The minimum absolute atomic E-state index is 0.0345. The predicted octanol–water partition coefficient (Wildman–Crippen LogP) is 5.11. The Balaban J connectivity index is 1.98. The number of fused-ring (bicyclic) bond motifs is 1. The highest BCUT2D eigenvalue weighted by atomic mass is 79.9. The van der Waals surface area contributed by atoms with Crippen molar-refractivity contribution in [1.29, 1.82) is 15.8 Å². The third kappa shape index (κ3) is 4.08. The zero-order chi connectivity index (χ0) is 26.8. The molecular weight excluding hydrogens is 554 g/mol. The average Bonchev–Trinajstić information content (AvgIpc) is 2.93. The lowest BCUT2D eigenvalue weighted by Gasteiger charge is -2.47. The zero-order valence-corrected chi connectivity index (χ0v) is 22.3. The molecule has 10 heteroatoms. The first-order chi connectivity index (χ1) is 17.7. The van der Waals surface area contributed by atoms with Crippen LogP contribution >= 0.6 is 15.9 Å². The lowest BCUT2D eigenvalue weighted by molar-refractivity contribution is 0.113. The maximum absolute atomic E-state index is 14.0. The van der Waals surface area contributed by atoms with Crippen molar-refractivity contribution in [3.63, 3.8) is 0 Å². The van der Waals surface area contributed by atoms with Crippen LogP contribution in [0.5, 0.6) is 0 Å². The van der Waals surface area contributed by atoms with E-state index >= 15 is 0 Å². The number of hydrogen-bond acceptors (Lipinski definition) is 6. The van der Waals surface area contributed by atoms with Crippen molar-refractivity contribution >= 4 is 26.0 Å². The Bertz CT molecular complexity index is 1480. The normalized spacial score (nSPS) is 25.0. The van der Waals surface area contributed by atoms with Crippen LogP contribution in [0.3, 0.4) is 0 Å². The van der Waals surface area contributed by atoms with E-state index in [9.17, 15) is 24.2 Å². The van der Waals surface area contributed by atoms with E-state index in [0.717, 1.165) is 4.47 Å². The second kappa shape index (κ2) is 10.0. The van der Waals surface area contributed by atoms with E-state index < -0.39 is 32.9 Å². The Morgan fingerprint density at radius 2 is 1.76 bits per heavy atom. The third-order valence-corrected chi connectivity index (χ3v) is 9.54. The molecule has 2 aromatic carbocycles. The maximum atomic E-state index is 14.0. The van der Waals surface area contributed by atoms with Crippen molar-refractivity contribution in [2.24, 2.45) is 11.3 Å². The van der Waals surface area contributed by atoms with Crippen molar-refractivity contribution in [2.45, 2.75) is 36.2 Å². The molecule has 0 aromatic heterocycles. The van der Waals surface area contributed by atoms with Gasteiger partial charge in [0.1, 0.15) is 5.76 Å². The Kier molecular flexibility index (Phi) is 7.13. The molecule has 3 atom stereocenters. The SMILES string of the molecule is [C-]#[N+]C1(C#N)[C@@H]2C[C@@H](c3ccccc3)N(S(=O)(=O)c3ccc(Br)cc3)CC2=C(OCC)CC1(C#N)C#N. The number of nitriles is 3. The fraction of sp³-hybridized carbons (Fsp3) is 0.333. The van der Waals surface area contributed by atoms with Gasteiger partial charge in [-0.1, -0.05) is 46.3 Å². The van der Waals surface area contributed by atoms with Gasteiger partial charge in [-0.2, -0.15) is 20.1 Å². The Morgan fingerprint density at radius 1 is 1.11 bits per heavy atom. The van der Waals surface area contributed by atoms with E-state index in [1.54, 1.807) is 43.3 Å². The molecule has 1 aliphatic carbocycles. The number of sulfonamides is 1. The number of benzene rings is 2. The molecule has 1 fully saturated rings. The van der Waals surface area contributed by atoms with Gasteiger partial charge >= 0.3 is 5.54 Å². The average molecular weight is 576 g/mol. The van der Waals surface area contributed by atoms with Crippen molar-refractivity contribution in [2.75, 3.05) is 13.2 Å². The molecule has 0 spiro atoms. The second-order valence-electron chi connectivity index (χ2n) is 8.90. The molecule has 0 saturated carbocycles. The third-order valence-electron chi connectivity index (χ3n) is 7.14. The van der Waals surface area contributed by atoms with E-state index in [1.807, 2.05) is 24.3 Å². The molecule has 37 heavy (non-hydrogen) atoms. The van der Waals surface area contributed by atoms with Gasteiger partial charge in [0, 0.05) is 17.4 Å². The molecule has 0 bridgehead atoms. The molecule has 1 saturated heterocycles. The van der Waals surface area contributed by atoms with Gasteiger partial charge in [-0.3, -0.25) is 4.85 Å². The monoisotopic (exact) mass is 575 g/mol. The van der Waals surface area contributed by atoms with Crippen LogP contribution in [0.25, 0.3) is 4.85 Å². The largest absolute Gasteiger partial charge is 0.498 e. The Hall–Kier alpha value is -3.67. The van der Waals surface area contributed by atoms with Crippen LogP contribution in [-0.4, -0.2) is 31.4 Å². The van der Waals surface area contributed by atoms with Crippen LogP contribution in [0.1, 0.15) is 31.4 Å². The molecule has 2 aromatic rings. The van der Waals surface area contributed by atoms with Gasteiger partial charge in [-0.25, -0.2) is 15.0 Å². The van der Waals surface area contributed by atoms with Gasteiger partial charge in [0.15, 0.2) is 6.07 Å². The highest BCUT2D eigenvalue weighted by Gasteiger charge is 2.71. The summed E-state index contributed by atoms with van der Waals surface area (Å²) in [7, 11) is -4.02. The number of piperidine rings is 1. The molecule has 0 N–H and O–H groups in total. The molecule has 2 aliphatic rings. The summed E-state index contributed by atoms with van der Waals surface area (Å²) in [5.74, 6) is -0.584. The summed E-state index contributed by atoms with van der Waals surface area (Å²) >= 11 is 3.34. The number of hydrogen-bond donors (Lipinski definition) is 0. The highest BCUT2D eigenvalue weighted by molar-refractivity contribution is 9.10. The standard InChI is InChI=1S/C27H22BrN5O3S/c1-3-36-25-14-26(16-29,17-30)27(18-31,32-2)23-13-24(19-7-5-4-6-8-19)33(15-22(23)25)37(34,35)21-11-9-20(28)10-12-21/h4-12,23-24H,3,13-15H2,1H3/t23-,24+,27?/m1/s1. The first-order valence-electron chi connectivity index (χ1n) is 11.5. The minimum Gasteiger partial charge on any atom is -0.498 e. The molecule has 4 rings (SSSR count). The van der Waals surface area contributed by atoms with Crippen molar-refractivity contribution in [3.8, 4) is 18.2 Å². The van der Waals surface area contributed by atoms with Crippen molar-refractivity contribution in [3.05, 3.63) is 87.4 Å². The van der Waals surface area contributed by atoms with E-state index in [0.29, 0.717) is 16.9 Å². The van der Waals surface area contributed by atoms with Crippen molar-refractivity contribution in [1.82, 2.24) is 4.31 Å². The first-order valence-corrected chi connectivity index (χ1v) is 13.8. The van der Waals surface area contributed by atoms with Crippen LogP contribution in [0.4, 0.5) is 0 Å². The summed E-state index contributed by atoms with van der Waals surface area (Å²) in [6.45, 7) is 9.83.